The molecule has 1 fully saturated rings. The topological polar surface area (TPSA) is 79.7 Å². The maximum absolute atomic E-state index is 13.6. The van der Waals surface area contributed by atoms with Gasteiger partial charge in [-0.15, -0.1) is 0 Å². The highest BCUT2D eigenvalue weighted by molar-refractivity contribution is 6.04. The molecule has 8 nitrogen and oxygen atoms in total. The second-order valence-corrected chi connectivity index (χ2v) is 13.3. The van der Waals surface area contributed by atoms with Crippen LogP contribution in [-0.4, -0.2) is 57.3 Å². The summed E-state index contributed by atoms with van der Waals surface area (Å²) in [4.78, 5) is 34.6. The number of amides is 2. The Morgan fingerprint density at radius 2 is 1.51 bits per heavy atom. The van der Waals surface area contributed by atoms with E-state index in [4.69, 9.17) is 4.74 Å². The normalized spacial score (nSPS) is 14.2. The molecule has 0 spiro atoms. The molecular formula is C38H38F3N5O3. The second-order valence-electron chi connectivity index (χ2n) is 13.3. The van der Waals surface area contributed by atoms with Crippen molar-refractivity contribution in [1.29, 1.82) is 0 Å². The zero-order chi connectivity index (χ0) is 34.9. The molecule has 0 radical (unpaired) electrons. The SMILES string of the molecule is Cn1c(C(=O)N2CCN(Cc3ccc(C(C)(C)C)cc3)CC2)cc2ccc(Oc3ccc(NC(=O)c4ccc(C(F)(F)F)cc4)cn3)cc21. The average molecular weight is 670 g/mol. The molecule has 0 aliphatic carbocycles. The number of benzene rings is 3. The zero-order valence-corrected chi connectivity index (χ0v) is 27.8. The first-order valence-electron chi connectivity index (χ1n) is 16.1. The minimum atomic E-state index is -4.48. The van der Waals surface area contributed by atoms with Crippen LogP contribution < -0.4 is 10.1 Å². The number of nitrogens with zero attached hydrogens (tertiary/aromatic N) is 4. The molecule has 0 unspecified atom stereocenters. The van der Waals surface area contributed by atoms with Gasteiger partial charge in [-0.3, -0.25) is 14.5 Å². The second kappa shape index (κ2) is 13.4. The van der Waals surface area contributed by atoms with Crippen molar-refractivity contribution in [3.8, 4) is 11.6 Å². The Kier molecular flexibility index (Phi) is 9.22. The van der Waals surface area contributed by atoms with Crippen LogP contribution in [0.4, 0.5) is 18.9 Å². The molecule has 3 heterocycles. The van der Waals surface area contributed by atoms with E-state index in [9.17, 15) is 22.8 Å². The molecule has 1 aliphatic heterocycles. The predicted molar refractivity (Wildman–Crippen MR) is 183 cm³/mol. The minimum Gasteiger partial charge on any atom is -0.439 e. The van der Waals surface area contributed by atoms with Crippen molar-refractivity contribution in [2.75, 3.05) is 31.5 Å². The molecule has 6 rings (SSSR count). The van der Waals surface area contributed by atoms with Gasteiger partial charge in [-0.05, 0) is 65.1 Å². The Morgan fingerprint density at radius 3 is 2.12 bits per heavy atom. The molecular weight excluding hydrogens is 631 g/mol. The quantitative estimate of drug-likeness (QED) is 0.191. The van der Waals surface area contributed by atoms with E-state index in [1.807, 2.05) is 34.7 Å². The first-order valence-corrected chi connectivity index (χ1v) is 16.1. The minimum absolute atomic E-state index is 0.00838. The number of nitrogens with one attached hydrogen (secondary N) is 1. The summed E-state index contributed by atoms with van der Waals surface area (Å²) in [6.07, 6.45) is -3.08. The van der Waals surface area contributed by atoms with Gasteiger partial charge >= 0.3 is 6.18 Å². The van der Waals surface area contributed by atoms with Crippen molar-refractivity contribution in [2.45, 2.75) is 38.9 Å². The summed E-state index contributed by atoms with van der Waals surface area (Å²) in [6, 6.07) is 23.4. The summed E-state index contributed by atoms with van der Waals surface area (Å²) in [5, 5.41) is 3.53. The molecule has 49 heavy (non-hydrogen) atoms. The highest BCUT2D eigenvalue weighted by Crippen LogP contribution is 2.30. The Hall–Kier alpha value is -5.16. The van der Waals surface area contributed by atoms with Crippen molar-refractivity contribution >= 4 is 28.4 Å². The number of anilines is 1. The largest absolute Gasteiger partial charge is 0.439 e. The van der Waals surface area contributed by atoms with Gasteiger partial charge in [0, 0.05) is 62.9 Å². The first kappa shape index (κ1) is 33.7. The number of fused-ring (bicyclic) bond motifs is 1. The lowest BCUT2D eigenvalue weighted by Crippen LogP contribution is -2.48. The van der Waals surface area contributed by atoms with Crippen LogP contribution in [0.3, 0.4) is 0 Å². The number of pyridine rings is 1. The van der Waals surface area contributed by atoms with Crippen molar-refractivity contribution in [3.05, 3.63) is 119 Å². The van der Waals surface area contributed by atoms with Crippen LogP contribution in [0.1, 0.15) is 58.3 Å². The zero-order valence-electron chi connectivity index (χ0n) is 27.8. The van der Waals surface area contributed by atoms with Gasteiger partial charge in [0.2, 0.25) is 5.88 Å². The van der Waals surface area contributed by atoms with Crippen molar-refractivity contribution in [2.24, 2.45) is 7.05 Å². The number of halogens is 3. The number of aryl methyl sites for hydroxylation is 1. The van der Waals surface area contributed by atoms with Gasteiger partial charge in [0.15, 0.2) is 0 Å². The molecule has 1 saturated heterocycles. The molecule has 0 saturated carbocycles. The molecule has 1 N–H and O–H groups in total. The molecule has 5 aromatic rings. The standard InChI is InChI=1S/C38H38F3N5O3/c1-37(2,3)28-10-5-25(6-11-28)24-45-17-19-46(20-18-45)36(48)33-21-27-9-15-31(22-32(27)44(33)4)49-34-16-14-30(23-42-34)43-35(47)26-7-12-29(13-8-26)38(39,40)41/h5-16,21-23H,17-20,24H2,1-4H3,(H,43,47). The molecule has 1 aliphatic rings. The Balaban J connectivity index is 1.05. The monoisotopic (exact) mass is 669 g/mol. The van der Waals surface area contributed by atoms with Crippen molar-refractivity contribution in [3.63, 3.8) is 0 Å². The lowest BCUT2D eigenvalue weighted by Gasteiger charge is -2.35. The van der Waals surface area contributed by atoms with Crippen molar-refractivity contribution < 1.29 is 27.5 Å². The number of hydrogen-bond donors (Lipinski definition) is 1. The van der Waals surface area contributed by atoms with Crippen LogP contribution in [0.5, 0.6) is 11.6 Å². The van der Waals surface area contributed by atoms with Gasteiger partial charge in [0.05, 0.1) is 23.0 Å². The van der Waals surface area contributed by atoms with E-state index in [0.29, 0.717) is 30.2 Å². The third-order valence-corrected chi connectivity index (χ3v) is 8.81. The number of rotatable bonds is 7. The van der Waals surface area contributed by atoms with Gasteiger partial charge in [0.1, 0.15) is 11.4 Å². The summed E-state index contributed by atoms with van der Waals surface area (Å²) < 4.78 is 46.3. The van der Waals surface area contributed by atoms with E-state index in [0.717, 1.165) is 54.8 Å². The van der Waals surface area contributed by atoms with Gasteiger partial charge in [-0.25, -0.2) is 4.98 Å². The van der Waals surface area contributed by atoms with Crippen LogP contribution in [0, 0.1) is 0 Å². The number of carbonyl (C=O) groups excluding carboxylic acids is 2. The smallest absolute Gasteiger partial charge is 0.416 e. The molecule has 254 valence electrons. The first-order chi connectivity index (χ1) is 23.2. The highest BCUT2D eigenvalue weighted by atomic mass is 19.4. The number of alkyl halides is 3. The maximum atomic E-state index is 13.6. The molecule has 2 aromatic heterocycles. The number of hydrogen-bond acceptors (Lipinski definition) is 5. The molecule has 0 atom stereocenters. The fraction of sp³-hybridized carbons (Fsp3) is 0.289. The van der Waals surface area contributed by atoms with E-state index in [-0.39, 0.29) is 22.8 Å². The van der Waals surface area contributed by atoms with E-state index in [1.54, 1.807) is 18.2 Å². The molecule has 11 heteroatoms. The van der Waals surface area contributed by atoms with E-state index in [2.05, 4.69) is 60.2 Å². The Labute approximate surface area is 283 Å². The Bertz CT molecular complexity index is 1950. The van der Waals surface area contributed by atoms with Crippen LogP contribution in [0.25, 0.3) is 10.9 Å². The Morgan fingerprint density at radius 1 is 0.837 bits per heavy atom. The summed E-state index contributed by atoms with van der Waals surface area (Å²) in [7, 11) is 1.86. The fourth-order valence-corrected chi connectivity index (χ4v) is 5.87. The predicted octanol–water partition coefficient (Wildman–Crippen LogP) is 7.89. The maximum Gasteiger partial charge on any atom is 0.416 e. The van der Waals surface area contributed by atoms with Gasteiger partial charge in [-0.2, -0.15) is 13.2 Å². The molecule has 2 amide bonds. The van der Waals surface area contributed by atoms with Crippen LogP contribution in [-0.2, 0) is 25.2 Å². The van der Waals surface area contributed by atoms with Gasteiger partial charge in [0.25, 0.3) is 11.8 Å². The number of piperazine rings is 1. The van der Waals surface area contributed by atoms with E-state index < -0.39 is 17.6 Å². The average Bonchev–Trinajstić information content (AvgIpc) is 3.40. The summed E-state index contributed by atoms with van der Waals surface area (Å²) in [5.74, 6) is 0.227. The van der Waals surface area contributed by atoms with Crippen LogP contribution >= 0.6 is 0 Å². The molecule has 3 aromatic carbocycles. The van der Waals surface area contributed by atoms with Gasteiger partial charge < -0.3 is 19.5 Å². The summed E-state index contributed by atoms with van der Waals surface area (Å²) in [6.45, 7) is 10.4. The fourth-order valence-electron chi connectivity index (χ4n) is 5.87. The number of carbonyl (C=O) groups is 2. The summed E-state index contributed by atoms with van der Waals surface area (Å²) in [5.41, 5.74) is 3.76. The number of ether oxygens (including phenoxy) is 1. The van der Waals surface area contributed by atoms with E-state index in [1.165, 1.54) is 17.3 Å². The lowest BCUT2D eigenvalue weighted by molar-refractivity contribution is -0.137. The van der Waals surface area contributed by atoms with Gasteiger partial charge in [-0.1, -0.05) is 45.0 Å². The number of aromatic nitrogens is 2. The van der Waals surface area contributed by atoms with Crippen molar-refractivity contribution in [1.82, 2.24) is 19.4 Å². The molecule has 0 bridgehead atoms. The van der Waals surface area contributed by atoms with Crippen LogP contribution in [0.2, 0.25) is 0 Å². The highest BCUT2D eigenvalue weighted by Gasteiger charge is 2.30. The third kappa shape index (κ3) is 7.78. The lowest BCUT2D eigenvalue weighted by atomic mass is 9.87. The van der Waals surface area contributed by atoms with Crippen LogP contribution in [0.15, 0.2) is 91.1 Å². The van der Waals surface area contributed by atoms with E-state index >= 15 is 0 Å². The summed E-state index contributed by atoms with van der Waals surface area (Å²) >= 11 is 0. The third-order valence-electron chi connectivity index (χ3n) is 8.81.